The highest BCUT2D eigenvalue weighted by molar-refractivity contribution is 6.04. The third-order valence-corrected chi connectivity index (χ3v) is 4.11. The number of fused-ring (bicyclic) bond motifs is 1. The lowest BCUT2D eigenvalue weighted by Gasteiger charge is -2.19. The average molecular weight is 351 g/mol. The van der Waals surface area contributed by atoms with Crippen molar-refractivity contribution in [1.82, 2.24) is 20.5 Å². The summed E-state index contributed by atoms with van der Waals surface area (Å²) in [6.45, 7) is 7.58. The van der Waals surface area contributed by atoms with Crippen LogP contribution in [-0.4, -0.2) is 40.7 Å². The predicted molar refractivity (Wildman–Crippen MR) is 97.0 cm³/mol. The van der Waals surface area contributed by atoms with Crippen LogP contribution in [0.1, 0.15) is 35.6 Å². The number of nitrogens with zero attached hydrogens (tertiary/aromatic N) is 3. The fourth-order valence-electron chi connectivity index (χ4n) is 2.80. The number of amides is 1. The Morgan fingerprint density at radius 1 is 1.33 bits per heavy atom. The molecule has 0 saturated carbocycles. The number of aromatic nitrogens is 3. The molecule has 0 spiro atoms. The number of nitrogens with one attached hydrogen (secondary N) is 3. The third kappa shape index (κ3) is 3.68. The van der Waals surface area contributed by atoms with Gasteiger partial charge in [0.25, 0.3) is 5.91 Å². The van der Waals surface area contributed by atoms with Gasteiger partial charge in [0.2, 0.25) is 0 Å². The van der Waals surface area contributed by atoms with E-state index in [1.807, 2.05) is 12.1 Å². The van der Waals surface area contributed by atoms with Gasteiger partial charge in [-0.2, -0.15) is 5.10 Å². The van der Waals surface area contributed by atoms with Crippen molar-refractivity contribution in [2.24, 2.45) is 0 Å². The lowest BCUT2D eigenvalue weighted by molar-refractivity contribution is 0.102. The Morgan fingerprint density at radius 3 is 2.79 bits per heavy atom. The van der Waals surface area contributed by atoms with Crippen LogP contribution in [0.25, 0.3) is 0 Å². The molecule has 0 fully saturated rings. The first-order chi connectivity index (χ1) is 11.2. The molecule has 0 atom stereocenters. The van der Waals surface area contributed by atoms with Crippen LogP contribution in [0.15, 0.2) is 18.3 Å². The van der Waals surface area contributed by atoms with Crippen LogP contribution < -0.4 is 15.5 Å². The minimum absolute atomic E-state index is 0. The molecule has 130 valence electrons. The summed E-state index contributed by atoms with van der Waals surface area (Å²) in [5.41, 5.74) is 3.14. The van der Waals surface area contributed by atoms with Crippen molar-refractivity contribution in [2.75, 3.05) is 29.9 Å². The molecule has 0 aromatic carbocycles. The molecule has 3 rings (SSSR count). The molecule has 3 heterocycles. The zero-order valence-corrected chi connectivity index (χ0v) is 14.7. The molecule has 0 unspecified atom stereocenters. The topological polar surface area (TPSA) is 85.9 Å². The zero-order chi connectivity index (χ0) is 16.2. The third-order valence-electron chi connectivity index (χ3n) is 4.11. The van der Waals surface area contributed by atoms with Gasteiger partial charge >= 0.3 is 0 Å². The minimum atomic E-state index is -0.205. The normalized spacial score (nSPS) is 12.9. The number of anilines is 2. The van der Waals surface area contributed by atoms with Gasteiger partial charge in [-0.1, -0.05) is 0 Å². The maximum Gasteiger partial charge on any atom is 0.276 e. The van der Waals surface area contributed by atoms with E-state index in [-0.39, 0.29) is 18.3 Å². The van der Waals surface area contributed by atoms with Crippen molar-refractivity contribution in [3.8, 4) is 0 Å². The maximum atomic E-state index is 12.4. The lowest BCUT2D eigenvalue weighted by Crippen LogP contribution is -2.25. The van der Waals surface area contributed by atoms with E-state index in [9.17, 15) is 4.79 Å². The highest BCUT2D eigenvalue weighted by atomic mass is 35.5. The number of hydrogen-bond donors (Lipinski definition) is 3. The molecule has 8 heteroatoms. The van der Waals surface area contributed by atoms with Gasteiger partial charge in [0.1, 0.15) is 5.82 Å². The van der Waals surface area contributed by atoms with E-state index in [0.29, 0.717) is 17.9 Å². The fraction of sp³-hybridized carbons (Fsp3) is 0.438. The van der Waals surface area contributed by atoms with Gasteiger partial charge < -0.3 is 15.5 Å². The number of rotatable bonds is 5. The fourth-order valence-corrected chi connectivity index (χ4v) is 2.80. The SMILES string of the molecule is CCN(CC)c1ccc(NC(=O)c2n[nH]c3c2CNCC3)cn1.Cl. The van der Waals surface area contributed by atoms with Crippen LogP contribution in [-0.2, 0) is 13.0 Å². The molecule has 0 radical (unpaired) electrons. The zero-order valence-electron chi connectivity index (χ0n) is 13.9. The number of aromatic amines is 1. The van der Waals surface area contributed by atoms with Gasteiger partial charge in [0.15, 0.2) is 5.69 Å². The van der Waals surface area contributed by atoms with Gasteiger partial charge in [0.05, 0.1) is 11.9 Å². The van der Waals surface area contributed by atoms with Crippen molar-refractivity contribution in [3.05, 3.63) is 35.3 Å². The Labute approximate surface area is 147 Å². The lowest BCUT2D eigenvalue weighted by atomic mass is 10.1. The first kappa shape index (κ1) is 18.2. The van der Waals surface area contributed by atoms with Gasteiger partial charge in [-0.3, -0.25) is 9.89 Å². The highest BCUT2D eigenvalue weighted by Gasteiger charge is 2.21. The first-order valence-electron chi connectivity index (χ1n) is 8.02. The molecule has 2 aromatic heterocycles. The Balaban J connectivity index is 0.00000208. The second-order valence-corrected chi connectivity index (χ2v) is 5.49. The largest absolute Gasteiger partial charge is 0.357 e. The molecule has 1 amide bonds. The number of pyridine rings is 1. The van der Waals surface area contributed by atoms with E-state index in [1.54, 1.807) is 6.20 Å². The number of carbonyl (C=O) groups excluding carboxylic acids is 1. The summed E-state index contributed by atoms with van der Waals surface area (Å²) >= 11 is 0. The van der Waals surface area contributed by atoms with Crippen molar-refractivity contribution in [3.63, 3.8) is 0 Å². The summed E-state index contributed by atoms with van der Waals surface area (Å²) in [5.74, 6) is 0.706. The maximum absolute atomic E-state index is 12.4. The predicted octanol–water partition coefficient (Wildman–Crippen LogP) is 1.97. The van der Waals surface area contributed by atoms with Crippen molar-refractivity contribution >= 4 is 29.8 Å². The van der Waals surface area contributed by atoms with E-state index < -0.39 is 0 Å². The average Bonchev–Trinajstić information content (AvgIpc) is 3.01. The minimum Gasteiger partial charge on any atom is -0.357 e. The van der Waals surface area contributed by atoms with E-state index in [0.717, 1.165) is 43.1 Å². The van der Waals surface area contributed by atoms with Crippen LogP contribution in [0.4, 0.5) is 11.5 Å². The quantitative estimate of drug-likeness (QED) is 0.767. The molecular formula is C16H23ClN6O. The monoisotopic (exact) mass is 350 g/mol. The molecule has 1 aliphatic heterocycles. The van der Waals surface area contributed by atoms with Crippen LogP contribution in [0.3, 0.4) is 0 Å². The Hall–Kier alpha value is -2.12. The Bertz CT molecular complexity index is 680. The summed E-state index contributed by atoms with van der Waals surface area (Å²) in [7, 11) is 0. The standard InChI is InChI=1S/C16H22N6O.ClH/c1-3-22(4-2)14-6-5-11(9-18-14)19-16(23)15-12-10-17-8-7-13(12)20-21-15;/h5-6,9,17H,3-4,7-8,10H2,1-2H3,(H,19,23)(H,20,21);1H. The van der Waals surface area contributed by atoms with E-state index >= 15 is 0 Å². The molecule has 24 heavy (non-hydrogen) atoms. The summed E-state index contributed by atoms with van der Waals surface area (Å²) in [4.78, 5) is 19.0. The summed E-state index contributed by atoms with van der Waals surface area (Å²) in [5, 5.41) is 13.2. The van der Waals surface area contributed by atoms with Crippen LogP contribution in [0.5, 0.6) is 0 Å². The molecular weight excluding hydrogens is 328 g/mol. The molecule has 3 N–H and O–H groups in total. The van der Waals surface area contributed by atoms with E-state index in [1.165, 1.54) is 0 Å². The first-order valence-corrected chi connectivity index (χ1v) is 8.02. The number of halogens is 1. The van der Waals surface area contributed by atoms with E-state index in [4.69, 9.17) is 0 Å². The molecule has 2 aromatic rings. The van der Waals surface area contributed by atoms with Crippen molar-refractivity contribution < 1.29 is 4.79 Å². The van der Waals surface area contributed by atoms with Crippen LogP contribution in [0.2, 0.25) is 0 Å². The number of hydrogen-bond acceptors (Lipinski definition) is 5. The van der Waals surface area contributed by atoms with Crippen LogP contribution in [0, 0.1) is 0 Å². The van der Waals surface area contributed by atoms with Gasteiger partial charge in [-0.25, -0.2) is 4.98 Å². The molecule has 0 saturated heterocycles. The summed E-state index contributed by atoms with van der Waals surface area (Å²) < 4.78 is 0. The Morgan fingerprint density at radius 2 is 2.12 bits per heavy atom. The second-order valence-electron chi connectivity index (χ2n) is 5.49. The molecule has 1 aliphatic rings. The Kier molecular flexibility index (Phi) is 6.16. The smallest absolute Gasteiger partial charge is 0.276 e. The van der Waals surface area contributed by atoms with Gasteiger partial charge in [-0.15, -0.1) is 12.4 Å². The summed E-state index contributed by atoms with van der Waals surface area (Å²) in [6, 6.07) is 3.79. The summed E-state index contributed by atoms with van der Waals surface area (Å²) in [6.07, 6.45) is 2.55. The molecule has 0 aliphatic carbocycles. The number of carbonyl (C=O) groups is 1. The second kappa shape index (κ2) is 8.12. The number of H-pyrrole nitrogens is 1. The van der Waals surface area contributed by atoms with Gasteiger partial charge in [0, 0.05) is 43.9 Å². The van der Waals surface area contributed by atoms with Crippen LogP contribution >= 0.6 is 12.4 Å². The van der Waals surface area contributed by atoms with Crippen molar-refractivity contribution in [2.45, 2.75) is 26.8 Å². The molecule has 7 nitrogen and oxygen atoms in total. The van der Waals surface area contributed by atoms with E-state index in [2.05, 4.69) is 44.6 Å². The van der Waals surface area contributed by atoms with Crippen molar-refractivity contribution in [1.29, 1.82) is 0 Å². The molecule has 0 bridgehead atoms. The highest BCUT2D eigenvalue weighted by Crippen LogP contribution is 2.18. The van der Waals surface area contributed by atoms with Gasteiger partial charge in [-0.05, 0) is 26.0 Å².